The Labute approximate surface area is 238 Å². The van der Waals surface area contributed by atoms with Crippen LogP contribution in [0.2, 0.25) is 10.0 Å². The number of carboxylic acids is 1. The van der Waals surface area contributed by atoms with Crippen molar-refractivity contribution in [1.82, 2.24) is 4.90 Å². The van der Waals surface area contributed by atoms with Gasteiger partial charge in [-0.05, 0) is 93.0 Å². The number of benzene rings is 3. The Morgan fingerprint density at radius 2 is 1.66 bits per heavy atom. The molecule has 0 bridgehead atoms. The number of hydrogen-bond donors (Lipinski definition) is 1. The van der Waals surface area contributed by atoms with Gasteiger partial charge < -0.3 is 19.5 Å². The molecule has 0 radical (unpaired) electrons. The lowest BCUT2D eigenvalue weighted by atomic mass is 10.1. The summed E-state index contributed by atoms with van der Waals surface area (Å²) in [6.45, 7) is 3.60. The Morgan fingerprint density at radius 3 is 2.39 bits per heavy atom. The molecule has 0 atom stereocenters. The van der Waals surface area contributed by atoms with Crippen molar-refractivity contribution in [3.8, 4) is 23.3 Å². The molecule has 1 N–H and O–H groups in total. The number of ether oxygens (including phenoxy) is 2. The molecule has 0 unspecified atom stereocenters. The van der Waals surface area contributed by atoms with Crippen LogP contribution in [0, 0.1) is 11.8 Å². The lowest BCUT2D eigenvalue weighted by molar-refractivity contribution is -0.139. The number of hydrogen-bond acceptors (Lipinski definition) is 5. The van der Waals surface area contributed by atoms with E-state index in [1.807, 2.05) is 48.5 Å². The van der Waals surface area contributed by atoms with Gasteiger partial charge in [-0.15, -0.1) is 0 Å². The quantitative estimate of drug-likeness (QED) is 0.205. The third-order valence-electron chi connectivity index (χ3n) is 5.90. The maximum absolute atomic E-state index is 10.8. The zero-order valence-electron chi connectivity index (χ0n) is 20.9. The molecule has 1 heterocycles. The van der Waals surface area contributed by atoms with E-state index in [1.165, 1.54) is 44.1 Å². The second kappa shape index (κ2) is 14.4. The van der Waals surface area contributed by atoms with Gasteiger partial charge in [-0.2, -0.15) is 0 Å². The highest BCUT2D eigenvalue weighted by molar-refractivity contribution is 7.99. The van der Waals surface area contributed by atoms with E-state index in [2.05, 4.69) is 16.7 Å². The van der Waals surface area contributed by atoms with Gasteiger partial charge in [0.1, 0.15) is 11.5 Å². The molecule has 8 heteroatoms. The smallest absolute Gasteiger partial charge is 0.341 e. The molecular weight excluding hydrogens is 541 g/mol. The number of halogens is 2. The van der Waals surface area contributed by atoms with Gasteiger partial charge >= 0.3 is 5.97 Å². The van der Waals surface area contributed by atoms with Crippen molar-refractivity contribution in [1.29, 1.82) is 0 Å². The van der Waals surface area contributed by atoms with Crippen molar-refractivity contribution in [3.05, 3.63) is 81.8 Å². The molecule has 38 heavy (non-hydrogen) atoms. The molecule has 0 saturated carbocycles. The third-order valence-corrected chi connectivity index (χ3v) is 7.41. The normalized spacial score (nSPS) is 13.4. The number of likely N-dealkylation sites (tertiary alicyclic amines) is 1. The van der Waals surface area contributed by atoms with E-state index >= 15 is 0 Å². The predicted octanol–water partition coefficient (Wildman–Crippen LogP) is 7.26. The van der Waals surface area contributed by atoms with E-state index in [9.17, 15) is 4.79 Å². The standard InChI is InChI=1S/C30H29Cl2NO4S/c31-24-9-7-22(8-10-24)5-6-23-17-25(36-16-4-15-33-13-2-1-3-14-33)19-27(18-23)38-26-11-12-29(28(32)20-26)37-21-30(34)35/h7-12,17-20H,1-4,13-16,21H2,(H,34,35). The zero-order valence-corrected chi connectivity index (χ0v) is 23.2. The summed E-state index contributed by atoms with van der Waals surface area (Å²) in [7, 11) is 0. The third kappa shape index (κ3) is 9.18. The van der Waals surface area contributed by atoms with Crippen LogP contribution in [0.4, 0.5) is 0 Å². The summed E-state index contributed by atoms with van der Waals surface area (Å²) in [6.07, 6.45) is 4.87. The van der Waals surface area contributed by atoms with Gasteiger partial charge in [0.15, 0.2) is 6.61 Å². The number of piperidine rings is 1. The molecule has 1 aliphatic heterocycles. The first-order chi connectivity index (χ1) is 18.4. The van der Waals surface area contributed by atoms with Crippen LogP contribution in [-0.2, 0) is 4.79 Å². The van der Waals surface area contributed by atoms with Gasteiger partial charge in [-0.3, -0.25) is 0 Å². The SMILES string of the molecule is O=C(O)COc1ccc(Sc2cc(C#Cc3ccc(Cl)cc3)cc(OCCCN3CCCCC3)c2)cc1Cl. The molecule has 198 valence electrons. The van der Waals surface area contributed by atoms with E-state index in [1.54, 1.807) is 12.1 Å². The summed E-state index contributed by atoms with van der Waals surface area (Å²) in [5.41, 5.74) is 1.71. The summed E-state index contributed by atoms with van der Waals surface area (Å²) in [5.74, 6) is 6.47. The van der Waals surface area contributed by atoms with Gasteiger partial charge in [0.2, 0.25) is 0 Å². The molecule has 0 aliphatic carbocycles. The minimum absolute atomic E-state index is 0.332. The minimum Gasteiger partial charge on any atom is -0.493 e. The van der Waals surface area contributed by atoms with Crippen LogP contribution < -0.4 is 9.47 Å². The second-order valence-corrected chi connectivity index (χ2v) is 10.9. The van der Waals surface area contributed by atoms with Gasteiger partial charge in [0.25, 0.3) is 0 Å². The molecule has 1 fully saturated rings. The van der Waals surface area contributed by atoms with Gasteiger partial charge in [-0.1, -0.05) is 53.2 Å². The molecule has 1 aliphatic rings. The number of nitrogens with zero attached hydrogens (tertiary/aromatic N) is 1. The molecule has 3 aromatic rings. The largest absolute Gasteiger partial charge is 0.493 e. The number of carbonyl (C=O) groups is 1. The van der Waals surface area contributed by atoms with Crippen molar-refractivity contribution >= 4 is 40.9 Å². The Kier molecular flexibility index (Phi) is 10.7. The lowest BCUT2D eigenvalue weighted by Gasteiger charge is -2.26. The average molecular weight is 571 g/mol. The van der Waals surface area contributed by atoms with Crippen molar-refractivity contribution in [3.63, 3.8) is 0 Å². The monoisotopic (exact) mass is 569 g/mol. The minimum atomic E-state index is -1.06. The van der Waals surface area contributed by atoms with Crippen LogP contribution in [0.3, 0.4) is 0 Å². The van der Waals surface area contributed by atoms with Crippen LogP contribution in [0.5, 0.6) is 11.5 Å². The fourth-order valence-corrected chi connectivity index (χ4v) is 5.43. The molecule has 0 spiro atoms. The van der Waals surface area contributed by atoms with Crippen LogP contribution in [-0.4, -0.2) is 48.8 Å². The second-order valence-electron chi connectivity index (χ2n) is 8.93. The van der Waals surface area contributed by atoms with Gasteiger partial charge in [0, 0.05) is 32.5 Å². The first-order valence-electron chi connectivity index (χ1n) is 12.5. The van der Waals surface area contributed by atoms with Gasteiger partial charge in [0.05, 0.1) is 11.6 Å². The lowest BCUT2D eigenvalue weighted by Crippen LogP contribution is -2.31. The summed E-state index contributed by atoms with van der Waals surface area (Å²) in [4.78, 5) is 15.1. The molecule has 3 aromatic carbocycles. The number of carboxylic acid groups (broad SMARTS) is 1. The number of rotatable bonds is 10. The summed E-state index contributed by atoms with van der Waals surface area (Å²) in [6, 6.07) is 18.7. The van der Waals surface area contributed by atoms with Crippen LogP contribution >= 0.6 is 35.0 Å². The fraction of sp³-hybridized carbons (Fsp3) is 0.300. The molecular formula is C30H29Cl2NO4S. The highest BCUT2D eigenvalue weighted by Crippen LogP contribution is 2.35. The van der Waals surface area contributed by atoms with Gasteiger partial charge in [-0.25, -0.2) is 4.79 Å². The van der Waals surface area contributed by atoms with Crippen LogP contribution in [0.25, 0.3) is 0 Å². The van der Waals surface area contributed by atoms with Crippen molar-refractivity contribution in [2.45, 2.75) is 35.5 Å². The first kappa shape index (κ1) is 28.2. The summed E-state index contributed by atoms with van der Waals surface area (Å²) in [5, 5.41) is 9.86. The van der Waals surface area contributed by atoms with E-state index in [-0.39, 0.29) is 0 Å². The fourth-order valence-electron chi connectivity index (χ4n) is 4.06. The predicted molar refractivity (Wildman–Crippen MR) is 153 cm³/mol. The molecule has 4 rings (SSSR count). The van der Waals surface area contributed by atoms with Crippen LogP contribution in [0.15, 0.2) is 70.5 Å². The van der Waals surface area contributed by atoms with Crippen molar-refractivity contribution in [2.24, 2.45) is 0 Å². The average Bonchev–Trinajstić information content (AvgIpc) is 2.91. The molecule has 5 nitrogen and oxygen atoms in total. The topological polar surface area (TPSA) is 59.0 Å². The summed E-state index contributed by atoms with van der Waals surface area (Å²) < 4.78 is 11.4. The Bertz CT molecular complexity index is 1300. The van der Waals surface area contributed by atoms with E-state index < -0.39 is 12.6 Å². The molecule has 1 saturated heterocycles. The Balaban J connectivity index is 1.48. The maximum atomic E-state index is 10.8. The Morgan fingerprint density at radius 1 is 0.895 bits per heavy atom. The van der Waals surface area contributed by atoms with Crippen molar-refractivity contribution in [2.75, 3.05) is 32.8 Å². The zero-order chi connectivity index (χ0) is 26.7. The van der Waals surface area contributed by atoms with E-state index in [4.69, 9.17) is 37.8 Å². The van der Waals surface area contributed by atoms with Crippen molar-refractivity contribution < 1.29 is 19.4 Å². The first-order valence-corrected chi connectivity index (χ1v) is 14.1. The maximum Gasteiger partial charge on any atom is 0.341 e. The van der Waals surface area contributed by atoms with Crippen LogP contribution in [0.1, 0.15) is 36.8 Å². The Hall–Kier alpha value is -2.82. The van der Waals surface area contributed by atoms with E-state index in [0.717, 1.165) is 39.6 Å². The molecule has 0 aromatic heterocycles. The van der Waals surface area contributed by atoms with E-state index in [0.29, 0.717) is 22.4 Å². The molecule has 0 amide bonds. The number of aliphatic carboxylic acids is 1. The highest BCUT2D eigenvalue weighted by atomic mass is 35.5. The highest BCUT2D eigenvalue weighted by Gasteiger charge is 2.11. The summed E-state index contributed by atoms with van der Waals surface area (Å²) >= 11 is 13.8.